The zero-order chi connectivity index (χ0) is 18.2. The molecule has 168 valence electrons. The first-order valence-electron chi connectivity index (χ1n) is 9.39. The quantitative estimate of drug-likeness (QED) is 0.233. The number of hydrogen-bond acceptors (Lipinski definition) is 4. The SMILES string of the molecule is Cl.Cl.Cl.NCCCCNCCCCNCc1ccc(N(CCCl)CCCl)cc1. The normalized spacial score (nSPS) is 9.82. The zero-order valence-electron chi connectivity index (χ0n) is 16.5. The first-order chi connectivity index (χ1) is 12.3. The lowest BCUT2D eigenvalue weighted by molar-refractivity contribution is 0.568. The third kappa shape index (κ3) is 16.2. The van der Waals surface area contributed by atoms with Crippen LogP contribution in [-0.2, 0) is 6.54 Å². The predicted molar refractivity (Wildman–Crippen MR) is 134 cm³/mol. The molecule has 0 aliphatic heterocycles. The topological polar surface area (TPSA) is 53.3 Å². The number of alkyl halides is 2. The van der Waals surface area contributed by atoms with Crippen molar-refractivity contribution in [1.29, 1.82) is 0 Å². The minimum atomic E-state index is 0. The Morgan fingerprint density at radius 3 is 1.75 bits per heavy atom. The van der Waals surface area contributed by atoms with E-state index >= 15 is 0 Å². The van der Waals surface area contributed by atoms with Crippen molar-refractivity contribution >= 4 is 66.1 Å². The van der Waals surface area contributed by atoms with Crippen LogP contribution in [0.4, 0.5) is 5.69 Å². The second-order valence-corrected chi connectivity index (χ2v) is 6.92. The second-order valence-electron chi connectivity index (χ2n) is 6.16. The number of rotatable bonds is 16. The average molecular weight is 499 g/mol. The molecule has 4 nitrogen and oxygen atoms in total. The summed E-state index contributed by atoms with van der Waals surface area (Å²) in [6.07, 6.45) is 4.70. The zero-order valence-corrected chi connectivity index (χ0v) is 20.5. The fraction of sp³-hybridized carbons (Fsp3) is 0.684. The van der Waals surface area contributed by atoms with Crippen molar-refractivity contribution in [2.45, 2.75) is 32.2 Å². The second kappa shape index (κ2) is 23.6. The number of benzene rings is 1. The molecule has 0 amide bonds. The van der Waals surface area contributed by atoms with Crippen molar-refractivity contribution < 1.29 is 0 Å². The molecule has 9 heteroatoms. The van der Waals surface area contributed by atoms with Crippen LogP contribution in [-0.4, -0.2) is 51.0 Å². The fourth-order valence-corrected chi connectivity index (χ4v) is 3.06. The van der Waals surface area contributed by atoms with E-state index in [-0.39, 0.29) is 37.2 Å². The van der Waals surface area contributed by atoms with E-state index in [1.54, 1.807) is 0 Å². The highest BCUT2D eigenvalue weighted by Crippen LogP contribution is 2.15. The third-order valence-electron chi connectivity index (χ3n) is 4.10. The van der Waals surface area contributed by atoms with E-state index in [2.05, 4.69) is 39.8 Å². The van der Waals surface area contributed by atoms with Crippen LogP contribution in [0.15, 0.2) is 24.3 Å². The highest BCUT2D eigenvalue weighted by atomic mass is 35.5. The van der Waals surface area contributed by atoms with Gasteiger partial charge in [-0.3, -0.25) is 0 Å². The number of nitrogens with two attached hydrogens (primary N) is 1. The van der Waals surface area contributed by atoms with E-state index in [1.165, 1.54) is 30.5 Å². The molecule has 0 spiro atoms. The minimum Gasteiger partial charge on any atom is -0.369 e. The van der Waals surface area contributed by atoms with Gasteiger partial charge in [-0.05, 0) is 69.6 Å². The lowest BCUT2D eigenvalue weighted by atomic mass is 10.2. The molecule has 1 rings (SSSR count). The van der Waals surface area contributed by atoms with Crippen LogP contribution < -0.4 is 21.3 Å². The van der Waals surface area contributed by atoms with Crippen LogP contribution in [0.25, 0.3) is 0 Å². The van der Waals surface area contributed by atoms with E-state index < -0.39 is 0 Å². The van der Waals surface area contributed by atoms with Gasteiger partial charge in [0, 0.05) is 37.1 Å². The Morgan fingerprint density at radius 2 is 1.25 bits per heavy atom. The Bertz CT molecular complexity index is 417. The molecule has 0 saturated carbocycles. The summed E-state index contributed by atoms with van der Waals surface area (Å²) in [5.41, 5.74) is 7.96. The molecule has 1 aromatic carbocycles. The highest BCUT2D eigenvalue weighted by molar-refractivity contribution is 6.18. The van der Waals surface area contributed by atoms with Crippen molar-refractivity contribution in [1.82, 2.24) is 10.6 Å². The van der Waals surface area contributed by atoms with Gasteiger partial charge in [0.15, 0.2) is 0 Å². The number of unbranched alkanes of at least 4 members (excludes halogenated alkanes) is 2. The monoisotopic (exact) mass is 496 g/mol. The molecule has 0 aliphatic rings. The van der Waals surface area contributed by atoms with Gasteiger partial charge in [0.05, 0.1) is 0 Å². The Kier molecular flexibility index (Phi) is 27.8. The summed E-state index contributed by atoms with van der Waals surface area (Å²) in [7, 11) is 0. The van der Waals surface area contributed by atoms with Gasteiger partial charge in [-0.15, -0.1) is 60.4 Å². The van der Waals surface area contributed by atoms with E-state index in [1.807, 2.05) is 0 Å². The lowest BCUT2D eigenvalue weighted by Crippen LogP contribution is -2.27. The molecule has 0 fully saturated rings. The van der Waals surface area contributed by atoms with Crippen molar-refractivity contribution in [2.24, 2.45) is 5.73 Å². The Hall–Kier alpha value is 0.350. The van der Waals surface area contributed by atoms with Crippen molar-refractivity contribution in [3.8, 4) is 0 Å². The van der Waals surface area contributed by atoms with E-state index in [9.17, 15) is 0 Å². The highest BCUT2D eigenvalue weighted by Gasteiger charge is 2.05. The predicted octanol–water partition coefficient (Wildman–Crippen LogP) is 4.43. The van der Waals surface area contributed by atoms with Crippen LogP contribution in [0.3, 0.4) is 0 Å². The van der Waals surface area contributed by atoms with Crippen molar-refractivity contribution in [3.05, 3.63) is 29.8 Å². The summed E-state index contributed by atoms with van der Waals surface area (Å²) < 4.78 is 0. The molecule has 0 atom stereocenters. The van der Waals surface area contributed by atoms with Gasteiger partial charge in [-0.25, -0.2) is 0 Å². The summed E-state index contributed by atoms with van der Waals surface area (Å²) in [5, 5.41) is 6.97. The van der Waals surface area contributed by atoms with Gasteiger partial charge in [0.2, 0.25) is 0 Å². The number of nitrogens with one attached hydrogen (secondary N) is 2. The first kappa shape index (κ1) is 33.0. The summed E-state index contributed by atoms with van der Waals surface area (Å²) in [6, 6.07) is 8.66. The summed E-state index contributed by atoms with van der Waals surface area (Å²) in [5.74, 6) is 1.23. The Balaban J connectivity index is -0.00000208. The molecule has 28 heavy (non-hydrogen) atoms. The Morgan fingerprint density at radius 1 is 0.750 bits per heavy atom. The first-order valence-corrected chi connectivity index (χ1v) is 10.5. The largest absolute Gasteiger partial charge is 0.369 e. The number of anilines is 1. The van der Waals surface area contributed by atoms with Gasteiger partial charge < -0.3 is 21.3 Å². The smallest absolute Gasteiger partial charge is 0.0399 e. The molecule has 0 bridgehead atoms. The maximum absolute atomic E-state index is 5.86. The molecule has 0 heterocycles. The van der Waals surface area contributed by atoms with Crippen molar-refractivity contribution in [2.75, 3.05) is 55.9 Å². The lowest BCUT2D eigenvalue weighted by Gasteiger charge is -2.23. The maximum atomic E-state index is 5.86. The van der Waals surface area contributed by atoms with Crippen LogP contribution in [0.2, 0.25) is 0 Å². The van der Waals surface area contributed by atoms with Crippen LogP contribution in [0.5, 0.6) is 0 Å². The minimum absolute atomic E-state index is 0. The van der Waals surface area contributed by atoms with Gasteiger partial charge in [-0.2, -0.15) is 0 Å². The van der Waals surface area contributed by atoms with E-state index in [0.717, 1.165) is 52.2 Å². The van der Waals surface area contributed by atoms with E-state index in [0.29, 0.717) is 11.8 Å². The molecule has 0 aromatic heterocycles. The molecular weight excluding hydrogens is 462 g/mol. The molecule has 0 unspecified atom stereocenters. The molecule has 0 radical (unpaired) electrons. The van der Waals surface area contributed by atoms with E-state index in [4.69, 9.17) is 28.9 Å². The molecule has 0 saturated heterocycles. The fourth-order valence-electron chi connectivity index (χ4n) is 2.65. The Labute approximate surface area is 199 Å². The maximum Gasteiger partial charge on any atom is 0.0399 e. The van der Waals surface area contributed by atoms with Gasteiger partial charge >= 0.3 is 0 Å². The standard InChI is InChI=1S/C19H34Cl2N4.3ClH/c20-9-15-25(16-10-21)19-7-5-18(6-8-19)17-24-14-4-3-13-23-12-2-1-11-22;;;/h5-8,23-24H,1-4,9-17,22H2;3*1H. The average Bonchev–Trinajstić information content (AvgIpc) is 2.64. The van der Waals surface area contributed by atoms with Gasteiger partial charge in [0.1, 0.15) is 0 Å². The van der Waals surface area contributed by atoms with Crippen LogP contribution in [0.1, 0.15) is 31.2 Å². The number of hydrogen-bond donors (Lipinski definition) is 3. The van der Waals surface area contributed by atoms with Gasteiger partial charge in [0.25, 0.3) is 0 Å². The summed E-state index contributed by atoms with van der Waals surface area (Å²) in [4.78, 5) is 2.22. The number of nitrogens with zero attached hydrogens (tertiary/aromatic N) is 1. The van der Waals surface area contributed by atoms with Crippen LogP contribution >= 0.6 is 60.4 Å². The molecule has 4 N–H and O–H groups in total. The van der Waals surface area contributed by atoms with Gasteiger partial charge in [-0.1, -0.05) is 12.1 Å². The molecular formula is C19H37Cl5N4. The van der Waals surface area contributed by atoms with Crippen LogP contribution in [0, 0.1) is 0 Å². The molecule has 1 aromatic rings. The summed E-state index contributed by atoms with van der Waals surface area (Å²) in [6.45, 7) is 6.59. The summed E-state index contributed by atoms with van der Waals surface area (Å²) >= 11 is 11.7. The van der Waals surface area contributed by atoms with Crippen molar-refractivity contribution in [3.63, 3.8) is 0 Å². The number of halogens is 5. The third-order valence-corrected chi connectivity index (χ3v) is 4.44. The molecule has 0 aliphatic carbocycles.